The fourth-order valence-corrected chi connectivity index (χ4v) is 2.09. The summed E-state index contributed by atoms with van der Waals surface area (Å²) in [5.74, 6) is 2.12. The van der Waals surface area contributed by atoms with Gasteiger partial charge in [0.25, 0.3) is 0 Å². The minimum atomic E-state index is -1.62. The number of amidine groups is 1. The first-order valence-corrected chi connectivity index (χ1v) is 7.43. The van der Waals surface area contributed by atoms with Gasteiger partial charge in [-0.15, -0.1) is 0 Å². The first kappa shape index (κ1) is 16.9. The topological polar surface area (TPSA) is 55.2 Å². The second-order valence-electron chi connectivity index (χ2n) is 4.33. The lowest BCUT2D eigenvalue weighted by Gasteiger charge is -2.18. The minimum Gasteiger partial charge on any atom is -0.493 e. The second-order valence-corrected chi connectivity index (χ2v) is 6.61. The van der Waals surface area contributed by atoms with E-state index in [1.807, 2.05) is 24.3 Å². The van der Waals surface area contributed by atoms with E-state index < -0.39 is 3.79 Å². The molecule has 2 rings (SSSR count). The van der Waals surface area contributed by atoms with Crippen LogP contribution in [0.4, 0.5) is 0 Å². The molecule has 1 aliphatic heterocycles. The van der Waals surface area contributed by atoms with Crippen molar-refractivity contribution < 1.29 is 9.47 Å². The van der Waals surface area contributed by atoms with Crippen molar-refractivity contribution in [3.05, 3.63) is 35.7 Å². The number of methoxy groups -OCH3 is 2. The predicted octanol–water partition coefficient (Wildman–Crippen LogP) is 3.49. The standard InChI is InChI=1S/C14H14Cl3N3O2/c1-21-10-5-3-9(7-11(10)22-2)4-6-12-18-8-19-13(20-12)14(15,16)17/h3,5-8H,4H2,1-2H3,(H,18,19,20). The number of nitrogens with one attached hydrogen (secondary N) is 1. The zero-order chi connectivity index (χ0) is 16.2. The summed E-state index contributed by atoms with van der Waals surface area (Å²) in [5, 5.41) is 2.88. The van der Waals surface area contributed by atoms with E-state index in [9.17, 15) is 0 Å². The Labute approximate surface area is 143 Å². The first-order valence-electron chi connectivity index (χ1n) is 6.29. The van der Waals surface area contributed by atoms with Crippen molar-refractivity contribution in [1.29, 1.82) is 0 Å². The van der Waals surface area contributed by atoms with Crippen LogP contribution in [0.2, 0.25) is 0 Å². The molecule has 0 unspecified atom stereocenters. The molecule has 1 aliphatic rings. The average molecular weight is 363 g/mol. The zero-order valence-corrected chi connectivity index (χ0v) is 14.2. The van der Waals surface area contributed by atoms with Crippen LogP contribution in [0.5, 0.6) is 11.5 Å². The zero-order valence-electron chi connectivity index (χ0n) is 11.9. The van der Waals surface area contributed by atoms with Gasteiger partial charge in [-0.2, -0.15) is 0 Å². The first-order chi connectivity index (χ1) is 10.4. The summed E-state index contributed by atoms with van der Waals surface area (Å²) in [5.41, 5.74) is 1.03. The minimum absolute atomic E-state index is 0.214. The van der Waals surface area contributed by atoms with Crippen molar-refractivity contribution in [1.82, 2.24) is 5.32 Å². The van der Waals surface area contributed by atoms with Crippen molar-refractivity contribution in [2.75, 3.05) is 14.2 Å². The number of rotatable bonds is 4. The number of alkyl halides is 3. The van der Waals surface area contributed by atoms with Crippen LogP contribution in [0.3, 0.4) is 0 Å². The predicted molar refractivity (Wildman–Crippen MR) is 90.7 cm³/mol. The molecule has 0 atom stereocenters. The van der Waals surface area contributed by atoms with E-state index in [0.717, 1.165) is 5.56 Å². The second kappa shape index (κ2) is 7.22. The molecule has 1 heterocycles. The molecule has 8 heteroatoms. The van der Waals surface area contributed by atoms with E-state index in [2.05, 4.69) is 15.3 Å². The van der Waals surface area contributed by atoms with E-state index in [4.69, 9.17) is 44.3 Å². The summed E-state index contributed by atoms with van der Waals surface area (Å²) >= 11 is 17.4. The van der Waals surface area contributed by atoms with Crippen molar-refractivity contribution in [3.63, 3.8) is 0 Å². The Balaban J connectivity index is 2.10. The summed E-state index contributed by atoms with van der Waals surface area (Å²) in [4.78, 5) is 7.99. The number of nitrogens with zero attached hydrogens (tertiary/aromatic N) is 2. The molecular formula is C14H14Cl3N3O2. The summed E-state index contributed by atoms with van der Waals surface area (Å²) < 4.78 is 8.85. The third-order valence-electron chi connectivity index (χ3n) is 2.88. The van der Waals surface area contributed by atoms with Crippen LogP contribution in [0.15, 0.2) is 40.1 Å². The van der Waals surface area contributed by atoms with Crippen LogP contribution in [0, 0.1) is 0 Å². The quantitative estimate of drug-likeness (QED) is 0.834. The van der Waals surface area contributed by atoms with Crippen LogP contribution < -0.4 is 14.8 Å². The van der Waals surface area contributed by atoms with E-state index in [1.54, 1.807) is 14.2 Å². The number of hydrogen-bond donors (Lipinski definition) is 1. The highest BCUT2D eigenvalue weighted by atomic mass is 35.6. The van der Waals surface area contributed by atoms with Crippen molar-refractivity contribution in [3.8, 4) is 11.5 Å². The lowest BCUT2D eigenvalue weighted by molar-refractivity contribution is 0.354. The monoisotopic (exact) mass is 361 g/mol. The average Bonchev–Trinajstić information content (AvgIpc) is 2.52. The lowest BCUT2D eigenvalue weighted by Crippen LogP contribution is -2.35. The number of hydrogen-bond acceptors (Lipinski definition) is 5. The molecule has 1 aromatic rings. The molecule has 0 aliphatic carbocycles. The SMILES string of the molecule is COc1ccc(CC=C2N=CN=C(C(Cl)(Cl)Cl)N2)cc1OC. The van der Waals surface area contributed by atoms with E-state index >= 15 is 0 Å². The van der Waals surface area contributed by atoms with E-state index in [-0.39, 0.29) is 5.84 Å². The molecule has 118 valence electrons. The highest BCUT2D eigenvalue weighted by Gasteiger charge is 2.29. The number of aliphatic imine (C=N–C) groups is 2. The van der Waals surface area contributed by atoms with E-state index in [0.29, 0.717) is 23.7 Å². The Morgan fingerprint density at radius 1 is 1.18 bits per heavy atom. The summed E-state index contributed by atoms with van der Waals surface area (Å²) in [6, 6.07) is 5.68. The van der Waals surface area contributed by atoms with Crippen LogP contribution in [-0.2, 0) is 6.42 Å². The summed E-state index contributed by atoms with van der Waals surface area (Å²) in [6.45, 7) is 0. The van der Waals surface area contributed by atoms with Crippen molar-refractivity contribution in [2.45, 2.75) is 10.2 Å². The maximum Gasteiger partial charge on any atom is 0.248 e. The summed E-state index contributed by atoms with van der Waals surface area (Å²) in [6.07, 6.45) is 3.82. The largest absolute Gasteiger partial charge is 0.493 e. The van der Waals surface area contributed by atoms with Gasteiger partial charge in [-0.05, 0) is 30.2 Å². The number of benzene rings is 1. The highest BCUT2D eigenvalue weighted by Crippen LogP contribution is 2.29. The molecule has 5 nitrogen and oxygen atoms in total. The van der Waals surface area contributed by atoms with Crippen LogP contribution in [0.25, 0.3) is 0 Å². The smallest absolute Gasteiger partial charge is 0.248 e. The molecule has 0 saturated carbocycles. The molecule has 1 aromatic carbocycles. The lowest BCUT2D eigenvalue weighted by atomic mass is 10.1. The maximum atomic E-state index is 5.79. The van der Waals surface area contributed by atoms with Gasteiger partial charge in [-0.25, -0.2) is 9.98 Å². The van der Waals surface area contributed by atoms with Gasteiger partial charge in [0.2, 0.25) is 3.79 Å². The third-order valence-corrected chi connectivity index (χ3v) is 3.41. The maximum absolute atomic E-state index is 5.79. The Kier molecular flexibility index (Phi) is 5.56. The normalized spacial score (nSPS) is 16.2. The molecule has 0 radical (unpaired) electrons. The Morgan fingerprint density at radius 2 is 1.91 bits per heavy atom. The van der Waals surface area contributed by atoms with Gasteiger partial charge < -0.3 is 14.8 Å². The van der Waals surface area contributed by atoms with Crippen molar-refractivity contribution >= 4 is 47.0 Å². The van der Waals surface area contributed by atoms with Crippen LogP contribution >= 0.6 is 34.8 Å². The van der Waals surface area contributed by atoms with Gasteiger partial charge in [0.05, 0.1) is 14.2 Å². The number of ether oxygens (including phenoxy) is 2. The molecule has 0 amide bonds. The van der Waals surface area contributed by atoms with Gasteiger partial charge in [0.1, 0.15) is 12.2 Å². The Morgan fingerprint density at radius 3 is 2.55 bits per heavy atom. The van der Waals surface area contributed by atoms with Crippen LogP contribution in [0.1, 0.15) is 5.56 Å². The fraction of sp³-hybridized carbons (Fsp3) is 0.286. The van der Waals surface area contributed by atoms with Crippen LogP contribution in [-0.4, -0.2) is 30.2 Å². The summed E-state index contributed by atoms with van der Waals surface area (Å²) in [7, 11) is 3.19. The Bertz CT molecular complexity index is 637. The molecule has 22 heavy (non-hydrogen) atoms. The molecule has 0 saturated heterocycles. The molecule has 1 N–H and O–H groups in total. The molecule has 0 bridgehead atoms. The van der Waals surface area contributed by atoms with Gasteiger partial charge in [-0.3, -0.25) is 0 Å². The van der Waals surface area contributed by atoms with Gasteiger partial charge in [0, 0.05) is 0 Å². The molecular weight excluding hydrogens is 349 g/mol. The highest BCUT2D eigenvalue weighted by molar-refractivity contribution is 6.76. The van der Waals surface area contributed by atoms with Crippen molar-refractivity contribution in [2.24, 2.45) is 9.98 Å². The number of allylic oxidation sites excluding steroid dienone is 1. The fourth-order valence-electron chi connectivity index (χ4n) is 1.80. The third kappa shape index (κ3) is 4.29. The van der Waals surface area contributed by atoms with Gasteiger partial charge in [-0.1, -0.05) is 40.9 Å². The van der Waals surface area contributed by atoms with Gasteiger partial charge in [0.15, 0.2) is 17.3 Å². The Hall–Kier alpha value is -1.43. The van der Waals surface area contributed by atoms with Gasteiger partial charge >= 0.3 is 0 Å². The number of halogens is 3. The van der Waals surface area contributed by atoms with E-state index in [1.165, 1.54) is 6.34 Å². The molecule has 0 fully saturated rings. The molecule has 0 aromatic heterocycles. The molecule has 0 spiro atoms.